The summed E-state index contributed by atoms with van der Waals surface area (Å²) in [5.74, 6) is 2.01. The number of nitrogens with zero attached hydrogens (tertiary/aromatic N) is 6. The predicted octanol–water partition coefficient (Wildman–Crippen LogP) is 4.47. The van der Waals surface area contributed by atoms with Gasteiger partial charge < -0.3 is 20.4 Å². The average molecular weight is 528 g/mol. The molecule has 1 aliphatic heterocycles. The first-order valence-corrected chi connectivity index (χ1v) is 13.6. The van der Waals surface area contributed by atoms with Crippen LogP contribution < -0.4 is 20.4 Å². The number of piperazine rings is 1. The second-order valence-electron chi connectivity index (χ2n) is 9.50. The van der Waals surface area contributed by atoms with Gasteiger partial charge in [0, 0.05) is 60.1 Å². The third-order valence-electron chi connectivity index (χ3n) is 6.51. The van der Waals surface area contributed by atoms with E-state index >= 15 is 0 Å². The van der Waals surface area contributed by atoms with E-state index in [2.05, 4.69) is 59.9 Å². The van der Waals surface area contributed by atoms with Crippen molar-refractivity contribution >= 4 is 46.8 Å². The molecule has 0 spiro atoms. The molecule has 6 rings (SSSR count). The van der Waals surface area contributed by atoms with Gasteiger partial charge in [-0.2, -0.15) is 20.1 Å². The summed E-state index contributed by atoms with van der Waals surface area (Å²) in [7, 11) is 0. The van der Waals surface area contributed by atoms with Crippen molar-refractivity contribution in [3.63, 3.8) is 0 Å². The number of benzene rings is 2. The number of anilines is 5. The molecule has 2 aromatic heterocycles. The molecular formula is C27H29N9OS. The summed E-state index contributed by atoms with van der Waals surface area (Å²) in [6, 6.07) is 20.1. The van der Waals surface area contributed by atoms with Gasteiger partial charge in [0.25, 0.3) is 0 Å². The highest BCUT2D eigenvalue weighted by atomic mass is 32.2. The number of carbonyl (C=O) groups excluding carboxylic acids is 1. The molecule has 0 unspecified atom stereocenters. The second kappa shape index (κ2) is 10.7. The Morgan fingerprint density at radius 3 is 2.37 bits per heavy atom. The Balaban J connectivity index is 1.19. The maximum atomic E-state index is 12.1. The number of para-hydroxylation sites is 1. The fourth-order valence-electron chi connectivity index (χ4n) is 4.29. The van der Waals surface area contributed by atoms with Gasteiger partial charge in [0.1, 0.15) is 0 Å². The maximum absolute atomic E-state index is 12.1. The van der Waals surface area contributed by atoms with Crippen LogP contribution in [0.3, 0.4) is 0 Å². The molecule has 194 valence electrons. The molecule has 2 fully saturated rings. The first-order chi connectivity index (χ1) is 18.6. The molecule has 2 aliphatic rings. The van der Waals surface area contributed by atoms with Crippen LogP contribution in [0.1, 0.15) is 18.5 Å². The third kappa shape index (κ3) is 5.88. The number of carbonyl (C=O) groups is 1. The van der Waals surface area contributed by atoms with Gasteiger partial charge in [-0.3, -0.25) is 9.89 Å². The SMILES string of the molecule is Cc1cc(Nc2nc(Sc3ccc(NC(=O)C4CC4)cc3)nc(N3CCN(c4ccccc4)CC3)n2)n[nH]1. The van der Waals surface area contributed by atoms with Crippen molar-refractivity contribution in [2.75, 3.05) is 46.6 Å². The van der Waals surface area contributed by atoms with Gasteiger partial charge in [-0.25, -0.2) is 0 Å². The molecular weight excluding hydrogens is 498 g/mol. The number of aryl methyl sites for hydroxylation is 1. The number of hydrogen-bond donors (Lipinski definition) is 3. The molecule has 1 saturated carbocycles. The highest BCUT2D eigenvalue weighted by molar-refractivity contribution is 7.99. The van der Waals surface area contributed by atoms with E-state index in [9.17, 15) is 4.79 Å². The lowest BCUT2D eigenvalue weighted by Crippen LogP contribution is -2.47. The summed E-state index contributed by atoms with van der Waals surface area (Å²) in [6.07, 6.45) is 1.97. The highest BCUT2D eigenvalue weighted by Crippen LogP contribution is 2.32. The Bertz CT molecular complexity index is 1400. The van der Waals surface area contributed by atoms with Gasteiger partial charge in [-0.15, -0.1) is 0 Å². The minimum Gasteiger partial charge on any atom is -0.368 e. The van der Waals surface area contributed by atoms with Crippen LogP contribution in [0.4, 0.5) is 29.1 Å². The number of rotatable bonds is 8. The van der Waals surface area contributed by atoms with Gasteiger partial charge in [-0.05, 0) is 67.9 Å². The van der Waals surface area contributed by atoms with Crippen molar-refractivity contribution in [1.82, 2.24) is 25.1 Å². The van der Waals surface area contributed by atoms with Gasteiger partial charge in [0.2, 0.25) is 17.8 Å². The highest BCUT2D eigenvalue weighted by Gasteiger charge is 2.29. The van der Waals surface area contributed by atoms with Crippen LogP contribution in [-0.4, -0.2) is 57.2 Å². The van der Waals surface area contributed by atoms with Crippen LogP contribution in [0.2, 0.25) is 0 Å². The minimum atomic E-state index is 0.101. The minimum absolute atomic E-state index is 0.101. The van der Waals surface area contributed by atoms with Gasteiger partial charge in [0.05, 0.1) is 0 Å². The Kier molecular flexibility index (Phi) is 6.82. The first-order valence-electron chi connectivity index (χ1n) is 12.8. The van der Waals surface area contributed by atoms with Gasteiger partial charge in [-0.1, -0.05) is 18.2 Å². The lowest BCUT2D eigenvalue weighted by Gasteiger charge is -2.36. The van der Waals surface area contributed by atoms with E-state index in [-0.39, 0.29) is 11.8 Å². The quantitative estimate of drug-likeness (QED) is 0.305. The van der Waals surface area contributed by atoms with Crippen molar-refractivity contribution in [2.24, 2.45) is 5.92 Å². The summed E-state index contributed by atoms with van der Waals surface area (Å²) in [5, 5.41) is 14.0. The molecule has 0 atom stereocenters. The Hall–Kier alpha value is -4.12. The maximum Gasteiger partial charge on any atom is 0.234 e. The third-order valence-corrected chi connectivity index (χ3v) is 7.38. The molecule has 10 nitrogen and oxygen atoms in total. The molecule has 1 saturated heterocycles. The Labute approximate surface area is 225 Å². The van der Waals surface area contributed by atoms with E-state index in [4.69, 9.17) is 9.97 Å². The van der Waals surface area contributed by atoms with Gasteiger partial charge in [0.15, 0.2) is 11.0 Å². The predicted molar refractivity (Wildman–Crippen MR) is 149 cm³/mol. The summed E-state index contributed by atoms with van der Waals surface area (Å²) in [4.78, 5) is 31.8. The van der Waals surface area contributed by atoms with Crippen molar-refractivity contribution in [1.29, 1.82) is 0 Å². The van der Waals surface area contributed by atoms with E-state index in [1.165, 1.54) is 17.4 Å². The molecule has 2 aromatic carbocycles. The molecule has 38 heavy (non-hydrogen) atoms. The van der Waals surface area contributed by atoms with Crippen LogP contribution in [-0.2, 0) is 4.79 Å². The number of nitrogens with one attached hydrogen (secondary N) is 3. The number of hydrogen-bond acceptors (Lipinski definition) is 9. The summed E-state index contributed by atoms with van der Waals surface area (Å²) >= 11 is 1.46. The average Bonchev–Trinajstić information content (AvgIpc) is 3.72. The van der Waals surface area contributed by atoms with Crippen LogP contribution in [0.25, 0.3) is 0 Å². The topological polar surface area (TPSA) is 115 Å². The zero-order chi connectivity index (χ0) is 25.9. The first kappa shape index (κ1) is 24.2. The molecule has 0 radical (unpaired) electrons. The monoisotopic (exact) mass is 527 g/mol. The van der Waals surface area contributed by atoms with Crippen molar-refractivity contribution in [3.05, 3.63) is 66.4 Å². The zero-order valence-electron chi connectivity index (χ0n) is 21.1. The zero-order valence-corrected chi connectivity index (χ0v) is 21.9. The number of H-pyrrole nitrogens is 1. The van der Waals surface area contributed by atoms with Crippen molar-refractivity contribution < 1.29 is 4.79 Å². The summed E-state index contributed by atoms with van der Waals surface area (Å²) < 4.78 is 0. The van der Waals surface area contributed by atoms with Crippen LogP contribution in [0, 0.1) is 12.8 Å². The molecule has 1 amide bonds. The number of aromatic nitrogens is 5. The van der Waals surface area contributed by atoms with Crippen LogP contribution in [0.5, 0.6) is 0 Å². The molecule has 1 aliphatic carbocycles. The van der Waals surface area contributed by atoms with E-state index in [0.29, 0.717) is 22.9 Å². The van der Waals surface area contributed by atoms with E-state index in [1.54, 1.807) is 0 Å². The fraction of sp³-hybridized carbons (Fsp3) is 0.296. The molecule has 3 N–H and O–H groups in total. The van der Waals surface area contributed by atoms with Crippen LogP contribution in [0.15, 0.2) is 70.7 Å². The summed E-state index contributed by atoms with van der Waals surface area (Å²) in [5.41, 5.74) is 2.98. The Morgan fingerprint density at radius 2 is 1.68 bits per heavy atom. The fourth-order valence-corrected chi connectivity index (χ4v) is 5.03. The van der Waals surface area contributed by atoms with E-state index in [1.807, 2.05) is 43.3 Å². The van der Waals surface area contributed by atoms with E-state index < -0.39 is 0 Å². The summed E-state index contributed by atoms with van der Waals surface area (Å²) in [6.45, 7) is 5.32. The molecule has 0 bridgehead atoms. The lowest BCUT2D eigenvalue weighted by atomic mass is 10.2. The standard InChI is InChI=1S/C27H29N9OS/c1-18-17-23(34-33-18)29-25-30-26(36-15-13-35(14-16-36)21-5-3-2-4-6-21)32-27(31-25)38-22-11-9-20(10-12-22)28-24(37)19-7-8-19/h2-6,9-12,17,19H,7-8,13-16H2,1H3,(H,28,37)(H2,29,30,31,32,33,34). The second-order valence-corrected chi connectivity index (χ2v) is 10.5. The van der Waals surface area contributed by atoms with Crippen molar-refractivity contribution in [3.8, 4) is 0 Å². The van der Waals surface area contributed by atoms with Crippen molar-refractivity contribution in [2.45, 2.75) is 29.8 Å². The van der Waals surface area contributed by atoms with Crippen LogP contribution >= 0.6 is 11.8 Å². The smallest absolute Gasteiger partial charge is 0.234 e. The largest absolute Gasteiger partial charge is 0.368 e. The normalized spacial score (nSPS) is 15.4. The van der Waals surface area contributed by atoms with Gasteiger partial charge >= 0.3 is 0 Å². The molecule has 3 heterocycles. The number of amides is 1. The van der Waals surface area contributed by atoms with E-state index in [0.717, 1.165) is 55.3 Å². The lowest BCUT2D eigenvalue weighted by molar-refractivity contribution is -0.117. The Morgan fingerprint density at radius 1 is 0.947 bits per heavy atom. The molecule has 4 aromatic rings. The number of aromatic amines is 1. The molecule has 11 heteroatoms.